The normalized spacial score (nSPS) is 20.7. The molecule has 4 nitrogen and oxygen atoms in total. The summed E-state index contributed by atoms with van der Waals surface area (Å²) in [5.41, 5.74) is 0. The Morgan fingerprint density at radius 1 is 0.920 bits per heavy atom. The van der Waals surface area contributed by atoms with Crippen LogP contribution in [0, 0.1) is 11.8 Å². The van der Waals surface area contributed by atoms with Crippen LogP contribution in [0.3, 0.4) is 0 Å². The van der Waals surface area contributed by atoms with Gasteiger partial charge in [0.2, 0.25) is 0 Å². The topological polar surface area (TPSA) is 63.6 Å². The van der Waals surface area contributed by atoms with Crippen LogP contribution >= 0.6 is 0 Å². The molecule has 1 aliphatic carbocycles. The van der Waals surface area contributed by atoms with E-state index in [-0.39, 0.29) is 5.97 Å². The fourth-order valence-corrected chi connectivity index (χ4v) is 3.52. The number of ether oxygens (including phenoxy) is 1. The number of hydrogen-bond acceptors (Lipinski definition) is 3. The van der Waals surface area contributed by atoms with Crippen molar-refractivity contribution in [3.63, 3.8) is 0 Å². The van der Waals surface area contributed by atoms with Gasteiger partial charge in [0.25, 0.3) is 0 Å². The summed E-state index contributed by atoms with van der Waals surface area (Å²) in [5, 5.41) is 9.22. The first kappa shape index (κ1) is 21.7. The van der Waals surface area contributed by atoms with Crippen LogP contribution in [0.5, 0.6) is 0 Å². The number of carbonyl (C=O) groups excluding carboxylic acids is 1. The van der Waals surface area contributed by atoms with E-state index in [1.165, 1.54) is 38.5 Å². The first-order valence-corrected chi connectivity index (χ1v) is 10.2. The van der Waals surface area contributed by atoms with Gasteiger partial charge in [0.15, 0.2) is 0 Å². The van der Waals surface area contributed by atoms with E-state index in [1.807, 2.05) is 0 Å². The van der Waals surface area contributed by atoms with E-state index in [1.54, 1.807) is 0 Å². The van der Waals surface area contributed by atoms with Crippen molar-refractivity contribution in [2.24, 2.45) is 11.8 Å². The van der Waals surface area contributed by atoms with Crippen LogP contribution in [0.25, 0.3) is 0 Å². The van der Waals surface area contributed by atoms with Crippen molar-refractivity contribution >= 4 is 11.9 Å². The molecular weight excluding hydrogens is 316 g/mol. The molecule has 0 amide bonds. The molecule has 2 atom stereocenters. The molecule has 0 aromatic rings. The third-order valence-electron chi connectivity index (χ3n) is 5.05. The molecule has 1 rings (SSSR count). The molecule has 2 unspecified atom stereocenters. The highest BCUT2D eigenvalue weighted by Crippen LogP contribution is 2.31. The number of carbonyl (C=O) groups is 2. The molecule has 4 heteroatoms. The van der Waals surface area contributed by atoms with Gasteiger partial charge in [-0.3, -0.25) is 9.59 Å². The van der Waals surface area contributed by atoms with Gasteiger partial charge in [0.1, 0.15) is 0 Å². The summed E-state index contributed by atoms with van der Waals surface area (Å²) < 4.78 is 5.33. The maximum Gasteiger partial charge on any atom is 0.309 e. The quantitative estimate of drug-likeness (QED) is 0.270. The van der Waals surface area contributed by atoms with E-state index in [4.69, 9.17) is 4.74 Å². The molecule has 144 valence electrons. The molecule has 0 aromatic carbocycles. The second-order valence-electron chi connectivity index (χ2n) is 7.15. The Kier molecular flexibility index (Phi) is 12.1. The Labute approximate surface area is 153 Å². The maximum atomic E-state index is 12.1. The lowest BCUT2D eigenvalue weighted by molar-refractivity contribution is -0.159. The summed E-state index contributed by atoms with van der Waals surface area (Å²) in [4.78, 5) is 23.3. The van der Waals surface area contributed by atoms with Crippen LogP contribution in [0.4, 0.5) is 0 Å². The first-order valence-electron chi connectivity index (χ1n) is 10.2. The predicted molar refractivity (Wildman–Crippen MR) is 100 cm³/mol. The number of hydrogen-bond donors (Lipinski definition) is 1. The predicted octanol–water partition coefficient (Wildman–Crippen LogP) is 5.51. The van der Waals surface area contributed by atoms with E-state index in [9.17, 15) is 14.7 Å². The minimum atomic E-state index is -0.855. The smallest absolute Gasteiger partial charge is 0.309 e. The highest BCUT2D eigenvalue weighted by atomic mass is 16.5. The number of carboxylic acids is 1. The van der Waals surface area contributed by atoms with E-state index in [2.05, 4.69) is 19.1 Å². The Hall–Kier alpha value is -1.32. The summed E-state index contributed by atoms with van der Waals surface area (Å²) in [6.07, 6.45) is 18.2. The molecule has 0 bridgehead atoms. The Balaban J connectivity index is 1.99. The molecule has 0 aliphatic heterocycles. The van der Waals surface area contributed by atoms with Gasteiger partial charge >= 0.3 is 11.9 Å². The Morgan fingerprint density at radius 2 is 1.52 bits per heavy atom. The van der Waals surface area contributed by atoms with Crippen LogP contribution < -0.4 is 0 Å². The fraction of sp³-hybridized carbons (Fsp3) is 0.810. The van der Waals surface area contributed by atoms with Gasteiger partial charge in [-0.25, -0.2) is 0 Å². The second kappa shape index (κ2) is 13.9. The summed E-state index contributed by atoms with van der Waals surface area (Å²) >= 11 is 0. The van der Waals surface area contributed by atoms with Gasteiger partial charge in [-0.1, -0.05) is 64.0 Å². The number of aliphatic carboxylic acids is 1. The highest BCUT2D eigenvalue weighted by Gasteiger charge is 2.36. The number of rotatable bonds is 13. The largest absolute Gasteiger partial charge is 0.481 e. The third kappa shape index (κ3) is 9.66. The lowest BCUT2D eigenvalue weighted by Crippen LogP contribution is -2.33. The molecule has 1 fully saturated rings. The molecule has 0 saturated heterocycles. The van der Waals surface area contributed by atoms with E-state index < -0.39 is 17.8 Å². The SMILES string of the molecule is CC/C=C/CCCCCCCCCOC(=O)C1CCCCC1C(=O)O. The minimum absolute atomic E-state index is 0.299. The lowest BCUT2D eigenvalue weighted by Gasteiger charge is -2.26. The van der Waals surface area contributed by atoms with Gasteiger partial charge in [-0.05, 0) is 38.5 Å². The average molecular weight is 353 g/mol. The molecule has 1 aliphatic rings. The molecule has 0 aromatic heterocycles. The van der Waals surface area contributed by atoms with Crippen molar-refractivity contribution in [3.05, 3.63) is 12.2 Å². The number of carboxylic acid groups (broad SMARTS) is 1. The Morgan fingerprint density at radius 3 is 2.16 bits per heavy atom. The van der Waals surface area contributed by atoms with Gasteiger partial charge < -0.3 is 9.84 Å². The zero-order valence-corrected chi connectivity index (χ0v) is 15.9. The van der Waals surface area contributed by atoms with Crippen molar-refractivity contribution < 1.29 is 19.4 Å². The lowest BCUT2D eigenvalue weighted by atomic mass is 9.79. The zero-order chi connectivity index (χ0) is 18.3. The van der Waals surface area contributed by atoms with Crippen LogP contribution in [-0.4, -0.2) is 23.7 Å². The average Bonchev–Trinajstić information content (AvgIpc) is 2.62. The summed E-state index contributed by atoms with van der Waals surface area (Å²) in [6.45, 7) is 2.59. The van der Waals surface area contributed by atoms with Crippen LogP contribution in [0.2, 0.25) is 0 Å². The van der Waals surface area contributed by atoms with Crippen molar-refractivity contribution in [3.8, 4) is 0 Å². The molecule has 0 radical (unpaired) electrons. The minimum Gasteiger partial charge on any atom is -0.481 e. The van der Waals surface area contributed by atoms with Crippen molar-refractivity contribution in [1.82, 2.24) is 0 Å². The summed E-state index contributed by atoms with van der Waals surface area (Å²) in [5.74, 6) is -2.14. The Bertz CT molecular complexity index is 403. The maximum absolute atomic E-state index is 12.1. The number of allylic oxidation sites excluding steroid dienone is 2. The molecule has 1 N–H and O–H groups in total. The highest BCUT2D eigenvalue weighted by molar-refractivity contribution is 5.81. The molecule has 25 heavy (non-hydrogen) atoms. The number of unbranched alkanes of at least 4 members (excludes halogenated alkanes) is 7. The van der Waals surface area contributed by atoms with Gasteiger partial charge in [0.05, 0.1) is 18.4 Å². The van der Waals surface area contributed by atoms with Gasteiger partial charge in [0, 0.05) is 0 Å². The van der Waals surface area contributed by atoms with E-state index in [0.717, 1.165) is 32.1 Å². The summed E-state index contributed by atoms with van der Waals surface area (Å²) in [6, 6.07) is 0. The van der Waals surface area contributed by atoms with Crippen LogP contribution in [0.1, 0.15) is 90.4 Å². The van der Waals surface area contributed by atoms with Crippen LogP contribution in [-0.2, 0) is 14.3 Å². The monoisotopic (exact) mass is 352 g/mol. The van der Waals surface area contributed by atoms with Gasteiger partial charge in [-0.2, -0.15) is 0 Å². The fourth-order valence-electron chi connectivity index (χ4n) is 3.52. The van der Waals surface area contributed by atoms with Crippen molar-refractivity contribution in [1.29, 1.82) is 0 Å². The molecule has 1 saturated carbocycles. The van der Waals surface area contributed by atoms with E-state index in [0.29, 0.717) is 19.4 Å². The molecule has 0 heterocycles. The number of esters is 1. The van der Waals surface area contributed by atoms with Crippen molar-refractivity contribution in [2.75, 3.05) is 6.61 Å². The second-order valence-corrected chi connectivity index (χ2v) is 7.15. The summed E-state index contributed by atoms with van der Waals surface area (Å²) in [7, 11) is 0. The van der Waals surface area contributed by atoms with Gasteiger partial charge in [-0.15, -0.1) is 0 Å². The molecule has 0 spiro atoms. The van der Waals surface area contributed by atoms with Crippen LogP contribution in [0.15, 0.2) is 12.2 Å². The zero-order valence-electron chi connectivity index (χ0n) is 15.9. The molecular formula is C21H36O4. The first-order chi connectivity index (χ1) is 12.2. The standard InChI is InChI=1S/C21H36O4/c1-2-3-4-5-6-7-8-9-10-11-14-17-25-21(24)19-16-13-12-15-18(19)20(22)23/h3-4,18-19H,2,5-17H2,1H3,(H,22,23)/b4-3+. The third-order valence-corrected chi connectivity index (χ3v) is 5.05. The van der Waals surface area contributed by atoms with Crippen molar-refractivity contribution in [2.45, 2.75) is 90.4 Å². The van der Waals surface area contributed by atoms with E-state index >= 15 is 0 Å².